The molecule has 0 atom stereocenters. The van der Waals surface area contributed by atoms with Crippen LogP contribution < -0.4 is 19.6 Å². The summed E-state index contributed by atoms with van der Waals surface area (Å²) in [6, 6.07) is 26.7. The summed E-state index contributed by atoms with van der Waals surface area (Å²) < 4.78 is 0. The first-order chi connectivity index (χ1) is 17.2. The molecule has 0 saturated carbocycles. The fourth-order valence-corrected chi connectivity index (χ4v) is 3.68. The van der Waals surface area contributed by atoms with Crippen molar-refractivity contribution >= 4 is 22.7 Å². The Kier molecular flexibility index (Phi) is 11.1. The minimum atomic E-state index is 0. The monoisotopic (exact) mass is 675 g/mol. The van der Waals surface area contributed by atoms with Gasteiger partial charge in [0.05, 0.1) is 0 Å². The van der Waals surface area contributed by atoms with E-state index in [9.17, 15) is 0 Å². The van der Waals surface area contributed by atoms with Gasteiger partial charge in [0.2, 0.25) is 0 Å². The Morgan fingerprint density at radius 1 is 0.541 bits per heavy atom. The predicted molar refractivity (Wildman–Crippen MR) is 154 cm³/mol. The maximum Gasteiger partial charge on any atom is 2.00 e. The van der Waals surface area contributed by atoms with E-state index in [0.717, 1.165) is 45.3 Å². The average Bonchev–Trinajstić information content (AvgIpc) is 2.89. The van der Waals surface area contributed by atoms with Crippen LogP contribution in [0.4, 0.5) is 22.7 Å². The summed E-state index contributed by atoms with van der Waals surface area (Å²) in [7, 11) is 16.2. The molecular formula is C30H36N6Pt. The summed E-state index contributed by atoms with van der Waals surface area (Å²) in [5.41, 5.74) is 8.50. The number of aromatic nitrogens is 2. The van der Waals surface area contributed by atoms with Gasteiger partial charge < -0.3 is 29.6 Å². The molecule has 0 spiro atoms. The largest absolute Gasteiger partial charge is 2.00 e. The van der Waals surface area contributed by atoms with Gasteiger partial charge in [-0.05, 0) is 63.1 Å². The van der Waals surface area contributed by atoms with Crippen LogP contribution in [0.5, 0.6) is 0 Å². The van der Waals surface area contributed by atoms with Crippen molar-refractivity contribution in [2.75, 3.05) is 76.0 Å². The summed E-state index contributed by atoms with van der Waals surface area (Å²) in [6.45, 7) is 0. The van der Waals surface area contributed by atoms with Crippen molar-refractivity contribution in [3.05, 3.63) is 85.2 Å². The molecule has 0 amide bonds. The fraction of sp³-hybridized carbons (Fsp3) is 0.267. The first kappa shape index (κ1) is 29.9. The average molecular weight is 676 g/mol. The van der Waals surface area contributed by atoms with Gasteiger partial charge in [0.25, 0.3) is 0 Å². The molecule has 2 aromatic heterocycles. The molecule has 4 aromatic rings. The summed E-state index contributed by atoms with van der Waals surface area (Å²) in [5.74, 6) is 0. The van der Waals surface area contributed by atoms with Crippen LogP contribution in [0.15, 0.2) is 73.1 Å². The van der Waals surface area contributed by atoms with Crippen LogP contribution in [-0.4, -0.2) is 66.3 Å². The van der Waals surface area contributed by atoms with Crippen LogP contribution in [0.2, 0.25) is 0 Å². The smallest absolute Gasteiger partial charge is 0.416 e. The van der Waals surface area contributed by atoms with Gasteiger partial charge in [-0.2, -0.15) is 0 Å². The van der Waals surface area contributed by atoms with E-state index in [1.807, 2.05) is 105 Å². The molecule has 6 nitrogen and oxygen atoms in total. The first-order valence-electron chi connectivity index (χ1n) is 11.8. The van der Waals surface area contributed by atoms with E-state index in [1.54, 1.807) is 0 Å². The number of benzene rings is 2. The summed E-state index contributed by atoms with van der Waals surface area (Å²) in [4.78, 5) is 17.2. The van der Waals surface area contributed by atoms with Gasteiger partial charge in [0.15, 0.2) is 0 Å². The van der Waals surface area contributed by atoms with Crippen molar-refractivity contribution in [2.45, 2.75) is 0 Å². The Balaban J connectivity index is 0.000000253. The minimum Gasteiger partial charge on any atom is -0.416 e. The third kappa shape index (κ3) is 7.80. The molecule has 0 saturated heterocycles. The predicted octanol–water partition coefficient (Wildman–Crippen LogP) is 5.36. The zero-order valence-corrected chi connectivity index (χ0v) is 25.2. The number of hydrogen-bond acceptors (Lipinski definition) is 6. The maximum atomic E-state index is 4.45. The molecule has 0 bridgehead atoms. The Morgan fingerprint density at radius 2 is 0.919 bits per heavy atom. The van der Waals surface area contributed by atoms with E-state index >= 15 is 0 Å². The number of nitrogens with zero attached hydrogens (tertiary/aromatic N) is 6. The number of hydrogen-bond donors (Lipinski definition) is 0. The molecule has 4 rings (SSSR count). The second-order valence-electron chi connectivity index (χ2n) is 9.24. The van der Waals surface area contributed by atoms with Crippen molar-refractivity contribution in [3.8, 4) is 22.5 Å². The molecule has 0 fully saturated rings. The molecule has 37 heavy (non-hydrogen) atoms. The molecule has 0 aliphatic rings. The van der Waals surface area contributed by atoms with Crippen molar-refractivity contribution in [3.63, 3.8) is 0 Å². The van der Waals surface area contributed by atoms with Crippen molar-refractivity contribution in [1.82, 2.24) is 9.97 Å². The van der Waals surface area contributed by atoms with E-state index in [0.29, 0.717) is 0 Å². The first-order valence-corrected chi connectivity index (χ1v) is 11.8. The second kappa shape index (κ2) is 13.8. The topological polar surface area (TPSA) is 38.7 Å². The van der Waals surface area contributed by atoms with Crippen LogP contribution >= 0.6 is 0 Å². The Labute approximate surface area is 236 Å². The van der Waals surface area contributed by atoms with Crippen LogP contribution in [0.1, 0.15) is 0 Å². The molecule has 2 heterocycles. The van der Waals surface area contributed by atoms with Crippen molar-refractivity contribution < 1.29 is 21.1 Å². The van der Waals surface area contributed by atoms with E-state index in [4.69, 9.17) is 0 Å². The molecule has 7 heteroatoms. The van der Waals surface area contributed by atoms with Gasteiger partial charge in [-0.1, -0.05) is 12.1 Å². The van der Waals surface area contributed by atoms with E-state index < -0.39 is 0 Å². The SMILES string of the molecule is CN(C)c1ccnc(-c2[c-]cccc2N(C)C)c1.CN(C)c1ccnc(-c2[c-]cccc2N(C)C)c1.[Pt+2]. The quantitative estimate of drug-likeness (QED) is 0.257. The number of rotatable bonds is 6. The van der Waals surface area contributed by atoms with Gasteiger partial charge in [-0.3, -0.25) is 0 Å². The molecule has 0 radical (unpaired) electrons. The zero-order valence-electron chi connectivity index (χ0n) is 22.9. The molecule has 0 N–H and O–H groups in total. The molecule has 2 aromatic carbocycles. The summed E-state index contributed by atoms with van der Waals surface area (Å²) >= 11 is 0. The van der Waals surface area contributed by atoms with Gasteiger partial charge in [0, 0.05) is 52.0 Å². The van der Waals surface area contributed by atoms with Crippen molar-refractivity contribution in [1.29, 1.82) is 0 Å². The Bertz CT molecular complexity index is 1170. The maximum absolute atomic E-state index is 4.45. The normalized spacial score (nSPS) is 9.95. The minimum absolute atomic E-state index is 0. The van der Waals surface area contributed by atoms with E-state index in [2.05, 4.69) is 66.0 Å². The van der Waals surface area contributed by atoms with E-state index in [1.165, 1.54) is 0 Å². The standard InChI is InChI=1S/2C15H18N3.Pt/c2*1-17(2)12-9-10-16-14(11-12)13-7-5-6-8-15(13)18(3)4;/h2*5-6,8-11H,1-4H3;/q2*-1;+2. The third-order valence-corrected chi connectivity index (χ3v) is 5.66. The third-order valence-electron chi connectivity index (χ3n) is 5.66. The second-order valence-corrected chi connectivity index (χ2v) is 9.24. The summed E-state index contributed by atoms with van der Waals surface area (Å²) in [5, 5.41) is 0. The van der Waals surface area contributed by atoms with Crippen LogP contribution in [0.3, 0.4) is 0 Å². The zero-order chi connectivity index (χ0) is 26.2. The molecule has 0 aliphatic carbocycles. The van der Waals surface area contributed by atoms with Gasteiger partial charge in [-0.15, -0.1) is 59.7 Å². The van der Waals surface area contributed by atoms with Crippen molar-refractivity contribution in [2.24, 2.45) is 0 Å². The molecule has 196 valence electrons. The number of anilines is 4. The van der Waals surface area contributed by atoms with Crippen LogP contribution in [0, 0.1) is 12.1 Å². The Morgan fingerprint density at radius 3 is 1.24 bits per heavy atom. The Hall–Kier alpha value is -3.37. The fourth-order valence-electron chi connectivity index (χ4n) is 3.68. The number of pyridine rings is 2. The van der Waals surface area contributed by atoms with Gasteiger partial charge in [-0.25, -0.2) is 0 Å². The van der Waals surface area contributed by atoms with Gasteiger partial charge in [0.1, 0.15) is 0 Å². The molecule has 0 unspecified atom stereocenters. The summed E-state index contributed by atoms with van der Waals surface area (Å²) in [6.07, 6.45) is 3.68. The van der Waals surface area contributed by atoms with E-state index in [-0.39, 0.29) is 21.1 Å². The molecular weight excluding hydrogens is 639 g/mol. The molecule has 0 aliphatic heterocycles. The van der Waals surface area contributed by atoms with Crippen LogP contribution in [0.25, 0.3) is 22.5 Å². The van der Waals surface area contributed by atoms with Gasteiger partial charge >= 0.3 is 21.1 Å². The van der Waals surface area contributed by atoms with Crippen LogP contribution in [-0.2, 0) is 21.1 Å².